The zero-order valence-electron chi connectivity index (χ0n) is 17.1. The highest BCUT2D eigenvalue weighted by Crippen LogP contribution is 2.21. The van der Waals surface area contributed by atoms with Gasteiger partial charge < -0.3 is 10.2 Å². The summed E-state index contributed by atoms with van der Waals surface area (Å²) in [5.41, 5.74) is 0.639. The third kappa shape index (κ3) is 5.54. The SMILES string of the molecule is CCN1CCN(S(=O)(=O)c2ccc(NC(=O)/C=C/c3ccccc3[N+](=O)[O-])cc2)CC1. The molecule has 1 N–H and O–H groups in total. The molecule has 1 amide bonds. The number of nitro groups is 1. The molecule has 1 aliphatic heterocycles. The number of nitrogens with zero attached hydrogens (tertiary/aromatic N) is 3. The number of nitrogens with one attached hydrogen (secondary N) is 1. The van der Waals surface area contributed by atoms with Gasteiger partial charge in [-0.1, -0.05) is 19.1 Å². The topological polar surface area (TPSA) is 113 Å². The predicted octanol–water partition coefficient (Wildman–Crippen LogP) is 2.57. The summed E-state index contributed by atoms with van der Waals surface area (Å²) in [6, 6.07) is 12.1. The fourth-order valence-electron chi connectivity index (χ4n) is 3.29. The highest BCUT2D eigenvalue weighted by molar-refractivity contribution is 7.89. The Bertz CT molecular complexity index is 1080. The number of rotatable bonds is 7. The number of carbonyl (C=O) groups is 1. The lowest BCUT2D eigenvalue weighted by Crippen LogP contribution is -2.48. The zero-order valence-corrected chi connectivity index (χ0v) is 17.9. The molecule has 1 fully saturated rings. The van der Waals surface area contributed by atoms with Gasteiger partial charge in [0.2, 0.25) is 15.9 Å². The number of amides is 1. The van der Waals surface area contributed by atoms with Gasteiger partial charge in [0.25, 0.3) is 5.69 Å². The summed E-state index contributed by atoms with van der Waals surface area (Å²) in [5, 5.41) is 13.7. The second-order valence-corrected chi connectivity index (χ2v) is 8.94. The minimum Gasteiger partial charge on any atom is -0.323 e. The van der Waals surface area contributed by atoms with Gasteiger partial charge in [-0.25, -0.2) is 8.42 Å². The highest BCUT2D eigenvalue weighted by Gasteiger charge is 2.27. The molecule has 0 saturated carbocycles. The summed E-state index contributed by atoms with van der Waals surface area (Å²) in [7, 11) is -3.58. The number of likely N-dealkylation sites (N-methyl/N-ethyl adjacent to an activating group) is 1. The van der Waals surface area contributed by atoms with E-state index in [2.05, 4.69) is 10.2 Å². The van der Waals surface area contributed by atoms with Crippen LogP contribution in [0.5, 0.6) is 0 Å². The average Bonchev–Trinajstić information content (AvgIpc) is 2.78. The molecule has 0 radical (unpaired) electrons. The van der Waals surface area contributed by atoms with E-state index in [-0.39, 0.29) is 10.6 Å². The highest BCUT2D eigenvalue weighted by atomic mass is 32.2. The second kappa shape index (κ2) is 9.82. The molecule has 0 aliphatic carbocycles. The van der Waals surface area contributed by atoms with E-state index in [1.807, 2.05) is 6.92 Å². The summed E-state index contributed by atoms with van der Waals surface area (Å²) in [6.45, 7) is 5.25. The Morgan fingerprint density at radius 3 is 2.35 bits per heavy atom. The van der Waals surface area contributed by atoms with Crippen molar-refractivity contribution in [1.82, 2.24) is 9.21 Å². The van der Waals surface area contributed by atoms with Crippen molar-refractivity contribution >= 4 is 33.4 Å². The van der Waals surface area contributed by atoms with Crippen LogP contribution in [-0.2, 0) is 14.8 Å². The molecule has 0 atom stereocenters. The third-order valence-electron chi connectivity index (χ3n) is 5.09. The summed E-state index contributed by atoms with van der Waals surface area (Å²) in [5.74, 6) is -0.482. The first-order valence-corrected chi connectivity index (χ1v) is 11.3. The molecule has 1 saturated heterocycles. The quantitative estimate of drug-likeness (QED) is 0.399. The zero-order chi connectivity index (χ0) is 22.4. The molecule has 2 aromatic carbocycles. The number of nitro benzene ring substituents is 1. The van der Waals surface area contributed by atoms with Crippen molar-refractivity contribution in [2.75, 3.05) is 38.0 Å². The largest absolute Gasteiger partial charge is 0.323 e. The maximum Gasteiger partial charge on any atom is 0.276 e. The van der Waals surface area contributed by atoms with Crippen LogP contribution >= 0.6 is 0 Å². The first kappa shape index (κ1) is 22.6. The van der Waals surface area contributed by atoms with Crippen LogP contribution in [0.4, 0.5) is 11.4 Å². The van der Waals surface area contributed by atoms with Gasteiger partial charge in [-0.3, -0.25) is 14.9 Å². The molecule has 0 unspecified atom stereocenters. The average molecular weight is 445 g/mol. The maximum atomic E-state index is 12.8. The van der Waals surface area contributed by atoms with Crippen molar-refractivity contribution in [2.24, 2.45) is 0 Å². The van der Waals surface area contributed by atoms with Gasteiger partial charge in [-0.15, -0.1) is 0 Å². The van der Waals surface area contributed by atoms with E-state index < -0.39 is 20.9 Å². The standard InChI is InChI=1S/C21H24N4O5S/c1-2-23-13-15-24(16-14-23)31(29,30)19-10-8-18(9-11-19)22-21(26)12-7-17-5-3-4-6-20(17)25(27)28/h3-12H,2,13-16H2,1H3,(H,22,26)/b12-7+. The Hall–Kier alpha value is -3.08. The van der Waals surface area contributed by atoms with E-state index in [0.717, 1.165) is 6.54 Å². The molecule has 2 aromatic rings. The third-order valence-corrected chi connectivity index (χ3v) is 7.00. The molecule has 31 heavy (non-hydrogen) atoms. The second-order valence-electron chi connectivity index (χ2n) is 7.00. The van der Waals surface area contributed by atoms with Crippen molar-refractivity contribution in [1.29, 1.82) is 0 Å². The van der Waals surface area contributed by atoms with Gasteiger partial charge in [0.05, 0.1) is 15.4 Å². The van der Waals surface area contributed by atoms with Crippen molar-refractivity contribution in [3.05, 3.63) is 70.3 Å². The van der Waals surface area contributed by atoms with Crippen LogP contribution in [0.25, 0.3) is 6.08 Å². The Kier molecular flexibility index (Phi) is 7.16. The van der Waals surface area contributed by atoms with Crippen LogP contribution in [0.2, 0.25) is 0 Å². The van der Waals surface area contributed by atoms with Gasteiger partial charge in [-0.05, 0) is 43.0 Å². The first-order valence-electron chi connectivity index (χ1n) is 9.86. The lowest BCUT2D eigenvalue weighted by Gasteiger charge is -2.33. The number of hydrogen-bond donors (Lipinski definition) is 1. The summed E-state index contributed by atoms with van der Waals surface area (Å²) in [6.07, 6.45) is 2.56. The van der Waals surface area contributed by atoms with Gasteiger partial charge in [0, 0.05) is 44.0 Å². The van der Waals surface area contributed by atoms with Gasteiger partial charge in [0.1, 0.15) is 0 Å². The van der Waals surface area contributed by atoms with E-state index >= 15 is 0 Å². The van der Waals surface area contributed by atoms with Crippen molar-refractivity contribution in [3.63, 3.8) is 0 Å². The molecule has 9 nitrogen and oxygen atoms in total. The van der Waals surface area contributed by atoms with Crippen molar-refractivity contribution in [2.45, 2.75) is 11.8 Å². The number of piperazine rings is 1. The number of sulfonamides is 1. The monoisotopic (exact) mass is 444 g/mol. The molecule has 3 rings (SSSR count). The summed E-state index contributed by atoms with van der Waals surface area (Å²) < 4.78 is 27.1. The lowest BCUT2D eigenvalue weighted by molar-refractivity contribution is -0.385. The molecule has 164 valence electrons. The van der Waals surface area contributed by atoms with Gasteiger partial charge >= 0.3 is 0 Å². The minimum atomic E-state index is -3.58. The Balaban J connectivity index is 1.64. The number of carbonyl (C=O) groups excluding carboxylic acids is 1. The van der Waals surface area contributed by atoms with Crippen LogP contribution in [-0.4, -0.2) is 61.2 Å². The molecule has 1 aliphatic rings. The maximum absolute atomic E-state index is 12.8. The van der Waals surface area contributed by atoms with Crippen molar-refractivity contribution in [3.8, 4) is 0 Å². The van der Waals surface area contributed by atoms with Crippen LogP contribution in [0, 0.1) is 10.1 Å². The fourth-order valence-corrected chi connectivity index (χ4v) is 4.71. The van der Waals surface area contributed by atoms with Crippen LogP contribution in [0.3, 0.4) is 0 Å². The van der Waals surface area contributed by atoms with E-state index in [4.69, 9.17) is 0 Å². The number of anilines is 1. The van der Waals surface area contributed by atoms with Gasteiger partial charge in [0.15, 0.2) is 0 Å². The van der Waals surface area contributed by atoms with E-state index in [1.165, 1.54) is 46.8 Å². The number of hydrogen-bond acceptors (Lipinski definition) is 6. The molecule has 0 spiro atoms. The van der Waals surface area contributed by atoms with Crippen LogP contribution < -0.4 is 5.32 Å². The summed E-state index contributed by atoms with van der Waals surface area (Å²) >= 11 is 0. The number of para-hydroxylation sites is 1. The first-order chi connectivity index (χ1) is 14.8. The fraction of sp³-hybridized carbons (Fsp3) is 0.286. The molecule has 1 heterocycles. The molecule has 0 bridgehead atoms. The van der Waals surface area contributed by atoms with Crippen LogP contribution in [0.15, 0.2) is 59.5 Å². The lowest BCUT2D eigenvalue weighted by atomic mass is 10.1. The Morgan fingerprint density at radius 2 is 1.74 bits per heavy atom. The predicted molar refractivity (Wildman–Crippen MR) is 118 cm³/mol. The smallest absolute Gasteiger partial charge is 0.276 e. The molecule has 10 heteroatoms. The molecular weight excluding hydrogens is 420 g/mol. The van der Waals surface area contributed by atoms with Gasteiger partial charge in [-0.2, -0.15) is 4.31 Å². The Labute approximate surface area is 181 Å². The van der Waals surface area contributed by atoms with Crippen LogP contribution in [0.1, 0.15) is 12.5 Å². The van der Waals surface area contributed by atoms with E-state index in [0.29, 0.717) is 37.4 Å². The minimum absolute atomic E-state index is 0.0964. The molecular formula is C21H24N4O5S. The Morgan fingerprint density at radius 1 is 1.10 bits per heavy atom. The van der Waals surface area contributed by atoms with E-state index in [1.54, 1.807) is 18.2 Å². The van der Waals surface area contributed by atoms with E-state index in [9.17, 15) is 23.3 Å². The normalized spacial score (nSPS) is 15.8. The number of benzene rings is 2. The van der Waals surface area contributed by atoms with Crippen molar-refractivity contribution < 1.29 is 18.1 Å². The molecule has 0 aromatic heterocycles. The summed E-state index contributed by atoms with van der Waals surface area (Å²) in [4.78, 5) is 25.0.